The van der Waals surface area contributed by atoms with Gasteiger partial charge in [-0.2, -0.15) is 0 Å². The van der Waals surface area contributed by atoms with E-state index in [-0.39, 0.29) is 24.9 Å². The first-order chi connectivity index (χ1) is 10.1. The summed E-state index contributed by atoms with van der Waals surface area (Å²) in [6.45, 7) is 2.66. The number of carbonyl (C=O) groups is 2. The molecule has 0 bridgehead atoms. The van der Waals surface area contributed by atoms with Gasteiger partial charge < -0.3 is 10.4 Å². The van der Waals surface area contributed by atoms with Crippen LogP contribution >= 0.6 is 0 Å². The molecule has 5 nitrogen and oxygen atoms in total. The van der Waals surface area contributed by atoms with Crippen LogP contribution in [-0.4, -0.2) is 41.0 Å². The third-order valence-corrected chi connectivity index (χ3v) is 3.70. The molecule has 0 spiro atoms. The number of amides is 1. The Morgan fingerprint density at radius 1 is 1.33 bits per heavy atom. The molecule has 0 radical (unpaired) electrons. The maximum absolute atomic E-state index is 12.1. The topological polar surface area (TPSA) is 69.6 Å². The highest BCUT2D eigenvalue weighted by molar-refractivity contribution is 5.78. The van der Waals surface area contributed by atoms with Gasteiger partial charge in [0.1, 0.15) is 0 Å². The van der Waals surface area contributed by atoms with E-state index in [9.17, 15) is 9.59 Å². The molecule has 1 amide bonds. The maximum Gasteiger partial charge on any atom is 0.304 e. The van der Waals surface area contributed by atoms with Crippen LogP contribution in [0.25, 0.3) is 0 Å². The SMILES string of the molecule is CC(NC(=O)CN(CCC(=O)O)C1CC1)c1ccccc1. The minimum Gasteiger partial charge on any atom is -0.481 e. The zero-order valence-corrected chi connectivity index (χ0v) is 12.3. The molecule has 1 unspecified atom stereocenters. The number of carboxylic acid groups (broad SMARTS) is 1. The van der Waals surface area contributed by atoms with Crippen LogP contribution < -0.4 is 5.32 Å². The monoisotopic (exact) mass is 290 g/mol. The molecule has 1 fully saturated rings. The van der Waals surface area contributed by atoms with E-state index in [0.717, 1.165) is 18.4 Å². The Hall–Kier alpha value is -1.88. The average molecular weight is 290 g/mol. The quantitative estimate of drug-likeness (QED) is 0.766. The standard InChI is InChI=1S/C16H22N2O3/c1-12(13-5-3-2-4-6-13)17-15(19)11-18(14-7-8-14)10-9-16(20)21/h2-6,12,14H,7-11H2,1H3,(H,17,19)(H,20,21). The zero-order chi connectivity index (χ0) is 15.2. The third kappa shape index (κ3) is 5.19. The highest BCUT2D eigenvalue weighted by Gasteiger charge is 2.30. The van der Waals surface area contributed by atoms with Gasteiger partial charge in [0, 0.05) is 12.6 Å². The van der Waals surface area contributed by atoms with Crippen molar-refractivity contribution < 1.29 is 14.7 Å². The van der Waals surface area contributed by atoms with Gasteiger partial charge in [0.05, 0.1) is 19.0 Å². The summed E-state index contributed by atoms with van der Waals surface area (Å²) in [6, 6.07) is 10.1. The van der Waals surface area contributed by atoms with Crippen LogP contribution in [0.1, 0.15) is 37.8 Å². The summed E-state index contributed by atoms with van der Waals surface area (Å²) in [5.41, 5.74) is 1.06. The summed E-state index contributed by atoms with van der Waals surface area (Å²) in [5, 5.41) is 11.7. The number of nitrogens with one attached hydrogen (secondary N) is 1. The molecule has 0 aliphatic heterocycles. The van der Waals surface area contributed by atoms with Crippen LogP contribution in [0, 0.1) is 0 Å². The summed E-state index contributed by atoms with van der Waals surface area (Å²) in [7, 11) is 0. The van der Waals surface area contributed by atoms with Crippen LogP contribution in [0.4, 0.5) is 0 Å². The van der Waals surface area contributed by atoms with Gasteiger partial charge in [0.25, 0.3) is 0 Å². The van der Waals surface area contributed by atoms with Crippen LogP contribution in [-0.2, 0) is 9.59 Å². The van der Waals surface area contributed by atoms with Crippen molar-refractivity contribution in [3.05, 3.63) is 35.9 Å². The number of nitrogens with zero attached hydrogens (tertiary/aromatic N) is 1. The number of hydrogen-bond donors (Lipinski definition) is 2. The lowest BCUT2D eigenvalue weighted by molar-refractivity contribution is -0.137. The Labute approximate surface area is 125 Å². The molecule has 114 valence electrons. The fraction of sp³-hybridized carbons (Fsp3) is 0.500. The maximum atomic E-state index is 12.1. The molecule has 1 aliphatic rings. The Kier molecular flexibility index (Phi) is 5.33. The molecule has 0 aromatic heterocycles. The molecular formula is C16H22N2O3. The lowest BCUT2D eigenvalue weighted by Gasteiger charge is -2.22. The fourth-order valence-electron chi connectivity index (χ4n) is 2.37. The van der Waals surface area contributed by atoms with Gasteiger partial charge in [-0.3, -0.25) is 14.5 Å². The van der Waals surface area contributed by atoms with E-state index in [1.165, 1.54) is 0 Å². The molecule has 2 N–H and O–H groups in total. The van der Waals surface area contributed by atoms with Crippen molar-refractivity contribution in [2.75, 3.05) is 13.1 Å². The smallest absolute Gasteiger partial charge is 0.304 e. The van der Waals surface area contributed by atoms with Gasteiger partial charge >= 0.3 is 5.97 Å². The first-order valence-electron chi connectivity index (χ1n) is 7.36. The highest BCUT2D eigenvalue weighted by Crippen LogP contribution is 2.26. The molecule has 21 heavy (non-hydrogen) atoms. The van der Waals surface area contributed by atoms with Gasteiger partial charge in [0.2, 0.25) is 5.91 Å². The third-order valence-electron chi connectivity index (χ3n) is 3.70. The van der Waals surface area contributed by atoms with Crippen LogP contribution in [0.15, 0.2) is 30.3 Å². The van der Waals surface area contributed by atoms with Crippen molar-refractivity contribution in [3.8, 4) is 0 Å². The minimum atomic E-state index is -0.821. The van der Waals surface area contributed by atoms with Crippen molar-refractivity contribution in [1.29, 1.82) is 0 Å². The molecule has 1 aromatic carbocycles. The van der Waals surface area contributed by atoms with E-state index >= 15 is 0 Å². The second-order valence-electron chi connectivity index (χ2n) is 5.55. The first-order valence-corrected chi connectivity index (χ1v) is 7.36. The Morgan fingerprint density at radius 3 is 2.57 bits per heavy atom. The summed E-state index contributed by atoms with van der Waals surface area (Å²) in [6.07, 6.45) is 2.19. The summed E-state index contributed by atoms with van der Waals surface area (Å²) >= 11 is 0. The van der Waals surface area contributed by atoms with Gasteiger partial charge in [-0.15, -0.1) is 0 Å². The molecule has 1 aromatic rings. The molecule has 2 rings (SSSR count). The van der Waals surface area contributed by atoms with Crippen LogP contribution in [0.3, 0.4) is 0 Å². The minimum absolute atomic E-state index is 0.0424. The first kappa shape index (κ1) is 15.5. The lowest BCUT2D eigenvalue weighted by Crippen LogP contribution is -2.40. The molecule has 0 heterocycles. The fourth-order valence-corrected chi connectivity index (χ4v) is 2.37. The number of hydrogen-bond acceptors (Lipinski definition) is 3. The van der Waals surface area contributed by atoms with Crippen LogP contribution in [0.2, 0.25) is 0 Å². The molecule has 1 atom stereocenters. The number of carboxylic acids is 1. The second kappa shape index (κ2) is 7.22. The summed E-state index contributed by atoms with van der Waals surface area (Å²) in [5.74, 6) is -0.873. The Balaban J connectivity index is 1.83. The number of benzene rings is 1. The van der Waals surface area contributed by atoms with E-state index in [2.05, 4.69) is 5.32 Å². The highest BCUT2D eigenvalue weighted by atomic mass is 16.4. The number of rotatable bonds is 8. The van der Waals surface area contributed by atoms with Crippen molar-refractivity contribution in [2.24, 2.45) is 0 Å². The molecule has 1 aliphatic carbocycles. The molecule has 0 saturated heterocycles. The van der Waals surface area contributed by atoms with E-state index < -0.39 is 5.97 Å². The average Bonchev–Trinajstić information content (AvgIpc) is 3.28. The zero-order valence-electron chi connectivity index (χ0n) is 12.3. The Bertz CT molecular complexity index is 486. The van der Waals surface area contributed by atoms with E-state index in [1.54, 1.807) is 0 Å². The van der Waals surface area contributed by atoms with Crippen LogP contribution in [0.5, 0.6) is 0 Å². The number of aliphatic carboxylic acids is 1. The van der Waals surface area contributed by atoms with E-state index in [4.69, 9.17) is 5.11 Å². The normalized spacial score (nSPS) is 15.7. The molecule has 5 heteroatoms. The van der Waals surface area contributed by atoms with Gasteiger partial charge in [-0.25, -0.2) is 0 Å². The largest absolute Gasteiger partial charge is 0.481 e. The van der Waals surface area contributed by atoms with E-state index in [1.807, 2.05) is 42.2 Å². The van der Waals surface area contributed by atoms with Crippen molar-refractivity contribution in [3.63, 3.8) is 0 Å². The Morgan fingerprint density at radius 2 is 2.00 bits per heavy atom. The van der Waals surface area contributed by atoms with Crippen molar-refractivity contribution in [1.82, 2.24) is 10.2 Å². The van der Waals surface area contributed by atoms with Gasteiger partial charge in [-0.1, -0.05) is 30.3 Å². The van der Waals surface area contributed by atoms with Crippen molar-refractivity contribution in [2.45, 2.75) is 38.3 Å². The summed E-state index contributed by atoms with van der Waals surface area (Å²) in [4.78, 5) is 24.8. The van der Waals surface area contributed by atoms with Crippen molar-refractivity contribution >= 4 is 11.9 Å². The van der Waals surface area contributed by atoms with Gasteiger partial charge in [0.15, 0.2) is 0 Å². The number of carbonyl (C=O) groups excluding carboxylic acids is 1. The molecule has 1 saturated carbocycles. The lowest BCUT2D eigenvalue weighted by atomic mass is 10.1. The van der Waals surface area contributed by atoms with E-state index in [0.29, 0.717) is 12.6 Å². The molecular weight excluding hydrogens is 268 g/mol. The second-order valence-corrected chi connectivity index (χ2v) is 5.55. The predicted molar refractivity (Wildman–Crippen MR) is 79.8 cm³/mol. The predicted octanol–water partition coefficient (Wildman–Crippen LogP) is 1.80. The van der Waals surface area contributed by atoms with Gasteiger partial charge in [-0.05, 0) is 25.3 Å². The summed E-state index contributed by atoms with van der Waals surface area (Å²) < 4.78 is 0.